The van der Waals surface area contributed by atoms with Gasteiger partial charge in [0.2, 0.25) is 5.91 Å². The maximum atomic E-state index is 14.5. The van der Waals surface area contributed by atoms with Gasteiger partial charge in [-0.05, 0) is 65.0 Å². The van der Waals surface area contributed by atoms with Gasteiger partial charge in [-0.1, -0.05) is 65.8 Å². The smallest absolute Gasteiger partial charge is 0.268 e. The molecule has 6 nitrogen and oxygen atoms in total. The van der Waals surface area contributed by atoms with Crippen LogP contribution in [-0.2, 0) is 26.8 Å². The average Bonchev–Trinajstić information content (AvgIpc) is 3.16. The van der Waals surface area contributed by atoms with Gasteiger partial charge in [0.05, 0.1) is 16.5 Å². The number of benzene rings is 2. The van der Waals surface area contributed by atoms with Gasteiger partial charge in [-0.3, -0.25) is 4.79 Å². The number of carbonyl (C=O) groups excluding carboxylic acids is 1. The summed E-state index contributed by atoms with van der Waals surface area (Å²) in [4.78, 5) is 12.2. The summed E-state index contributed by atoms with van der Waals surface area (Å²) in [6.45, 7) is 15.5. The van der Waals surface area contributed by atoms with Crippen LogP contribution in [0.3, 0.4) is 0 Å². The fourth-order valence-corrected chi connectivity index (χ4v) is 7.50. The van der Waals surface area contributed by atoms with Gasteiger partial charge in [-0.25, -0.2) is 12.4 Å². The lowest BCUT2D eigenvalue weighted by Crippen LogP contribution is -2.51. The number of rotatable bonds is 6. The number of aliphatic hydroxyl groups is 1. The number of hydrogen-bond donors (Lipinski definition) is 2. The van der Waals surface area contributed by atoms with E-state index >= 15 is 0 Å². The number of carbonyl (C=O) groups is 1. The van der Waals surface area contributed by atoms with Crippen LogP contribution in [-0.4, -0.2) is 29.4 Å². The monoisotopic (exact) mass is 510 g/mol. The Morgan fingerprint density at radius 3 is 2.14 bits per heavy atom. The highest BCUT2D eigenvalue weighted by Gasteiger charge is 2.42. The Hall–Kier alpha value is -2.64. The first kappa shape index (κ1) is 26.4. The topological polar surface area (TPSA) is 88.4 Å². The first-order valence-electron chi connectivity index (χ1n) is 12.7. The van der Waals surface area contributed by atoms with Gasteiger partial charge in [-0.2, -0.15) is 0 Å². The van der Waals surface area contributed by atoms with E-state index in [0.717, 1.165) is 27.6 Å². The molecule has 1 aromatic heterocycles. The van der Waals surface area contributed by atoms with Crippen molar-refractivity contribution in [3.63, 3.8) is 0 Å². The number of nitrogens with one attached hydrogen (secondary N) is 1. The minimum absolute atomic E-state index is 0.0170. The van der Waals surface area contributed by atoms with Gasteiger partial charge >= 0.3 is 0 Å². The maximum Gasteiger partial charge on any atom is 0.268 e. The molecule has 7 heteroatoms. The minimum Gasteiger partial charge on any atom is -0.383 e. The highest BCUT2D eigenvalue weighted by molar-refractivity contribution is 7.90. The third kappa shape index (κ3) is 4.16. The lowest BCUT2D eigenvalue weighted by atomic mass is 9.77. The Kier molecular flexibility index (Phi) is 6.63. The van der Waals surface area contributed by atoms with E-state index in [-0.39, 0.29) is 23.7 Å². The van der Waals surface area contributed by atoms with E-state index in [4.69, 9.17) is 0 Å². The van der Waals surface area contributed by atoms with Crippen LogP contribution in [0, 0.1) is 0 Å². The normalized spacial score (nSPS) is 20.1. The predicted octanol–water partition coefficient (Wildman–Crippen LogP) is 5.52. The van der Waals surface area contributed by atoms with Crippen molar-refractivity contribution < 1.29 is 18.3 Å². The van der Waals surface area contributed by atoms with Gasteiger partial charge < -0.3 is 10.4 Å². The lowest BCUT2D eigenvalue weighted by Gasteiger charge is -2.37. The van der Waals surface area contributed by atoms with Gasteiger partial charge in [-0.15, -0.1) is 0 Å². The van der Waals surface area contributed by atoms with Crippen molar-refractivity contribution in [1.82, 2.24) is 9.29 Å². The Labute approximate surface area is 214 Å². The predicted molar refractivity (Wildman–Crippen MR) is 144 cm³/mol. The Balaban J connectivity index is 2.02. The second-order valence-corrected chi connectivity index (χ2v) is 13.0. The van der Waals surface area contributed by atoms with Crippen molar-refractivity contribution in [3.8, 4) is 0 Å². The van der Waals surface area contributed by atoms with Crippen LogP contribution in [0.15, 0.2) is 41.4 Å². The molecule has 0 saturated heterocycles. The van der Waals surface area contributed by atoms with Crippen molar-refractivity contribution in [2.24, 2.45) is 0 Å². The van der Waals surface area contributed by atoms with Gasteiger partial charge in [0.1, 0.15) is 5.60 Å². The molecule has 4 rings (SSSR count). The summed E-state index contributed by atoms with van der Waals surface area (Å²) in [5, 5.41) is 15.0. The number of nitrogens with zero attached hydrogens (tertiary/aromatic N) is 1. The van der Waals surface area contributed by atoms with Gasteiger partial charge in [0, 0.05) is 18.5 Å². The molecule has 0 spiro atoms. The van der Waals surface area contributed by atoms with E-state index < -0.39 is 21.7 Å². The van der Waals surface area contributed by atoms with E-state index in [1.165, 1.54) is 10.9 Å². The molecule has 2 aromatic carbocycles. The number of hydrogen-bond acceptors (Lipinski definition) is 4. The quantitative estimate of drug-likeness (QED) is 0.457. The van der Waals surface area contributed by atoms with Crippen LogP contribution >= 0.6 is 0 Å². The Morgan fingerprint density at radius 1 is 1.06 bits per heavy atom. The van der Waals surface area contributed by atoms with Crippen LogP contribution in [0.5, 0.6) is 0 Å². The van der Waals surface area contributed by atoms with Gasteiger partial charge in [0.25, 0.3) is 10.0 Å². The molecule has 1 aliphatic carbocycles. The zero-order valence-electron chi connectivity index (χ0n) is 22.5. The largest absolute Gasteiger partial charge is 0.383 e. The van der Waals surface area contributed by atoms with Crippen LogP contribution in [0.25, 0.3) is 10.9 Å². The summed E-state index contributed by atoms with van der Waals surface area (Å²) in [6, 6.07) is 8.90. The second kappa shape index (κ2) is 9.03. The summed E-state index contributed by atoms with van der Waals surface area (Å²) in [6.07, 6.45) is 2.01. The highest BCUT2D eigenvalue weighted by Crippen LogP contribution is 2.43. The van der Waals surface area contributed by atoms with E-state index in [1.54, 1.807) is 25.3 Å². The van der Waals surface area contributed by atoms with E-state index in [1.807, 2.05) is 45.9 Å². The Morgan fingerprint density at radius 2 is 1.64 bits per heavy atom. The molecule has 2 atom stereocenters. The molecule has 2 unspecified atom stereocenters. The van der Waals surface area contributed by atoms with Crippen molar-refractivity contribution in [3.05, 3.63) is 64.3 Å². The van der Waals surface area contributed by atoms with Crippen LogP contribution in [0.4, 0.5) is 0 Å². The standard InChI is InChI=1S/C29H38N2O4S/c1-16(2)20-12-22(17(3)4)28(23(13-20)18(5)6)36(34,35)31-15-21-14-26(30-19(7)32)29(8,33)24-10-9-11-25(31)27(21)24/h9-13,15-18,26,33H,14H2,1-8H3,(H,30,32). The minimum atomic E-state index is -3.97. The SMILES string of the molecule is CC(=O)NC1Cc2cn(S(=O)(=O)c3c(C(C)C)cc(C(C)C)cc3C(C)C)c3cccc(c23)C1(C)O. The van der Waals surface area contributed by atoms with Crippen LogP contribution in [0.2, 0.25) is 0 Å². The maximum absolute atomic E-state index is 14.5. The number of amides is 1. The molecular formula is C29H38N2O4S. The summed E-state index contributed by atoms with van der Waals surface area (Å²) >= 11 is 0. The molecule has 0 radical (unpaired) electrons. The third-order valence-electron chi connectivity index (χ3n) is 7.50. The molecule has 0 bridgehead atoms. The number of aromatic nitrogens is 1. The summed E-state index contributed by atoms with van der Waals surface area (Å²) in [5.41, 5.74) is 3.40. The molecule has 3 aromatic rings. The molecule has 1 amide bonds. The van der Waals surface area contributed by atoms with Crippen molar-refractivity contribution in [2.45, 2.75) is 96.1 Å². The van der Waals surface area contributed by atoms with E-state index in [9.17, 15) is 18.3 Å². The van der Waals surface area contributed by atoms with E-state index in [0.29, 0.717) is 22.4 Å². The van der Waals surface area contributed by atoms with Crippen LogP contribution < -0.4 is 5.32 Å². The molecule has 1 heterocycles. The summed E-state index contributed by atoms with van der Waals surface area (Å²) in [5.74, 6) is 0.0727. The van der Waals surface area contributed by atoms with Crippen molar-refractivity contribution in [1.29, 1.82) is 0 Å². The summed E-state index contributed by atoms with van der Waals surface area (Å²) in [7, 11) is -3.97. The molecule has 36 heavy (non-hydrogen) atoms. The van der Waals surface area contributed by atoms with Crippen LogP contribution in [0.1, 0.15) is 101 Å². The fraction of sp³-hybridized carbons (Fsp3) is 0.483. The molecule has 194 valence electrons. The molecule has 2 N–H and O–H groups in total. The first-order chi connectivity index (χ1) is 16.7. The zero-order chi connectivity index (χ0) is 26.7. The van der Waals surface area contributed by atoms with E-state index in [2.05, 4.69) is 19.2 Å². The Bertz CT molecular complexity index is 1420. The lowest BCUT2D eigenvalue weighted by molar-refractivity contribution is -0.122. The molecule has 0 saturated carbocycles. The molecule has 1 aliphatic rings. The highest BCUT2D eigenvalue weighted by atomic mass is 32.2. The molecule has 0 fully saturated rings. The van der Waals surface area contributed by atoms with Crippen molar-refractivity contribution >= 4 is 26.8 Å². The third-order valence-corrected chi connectivity index (χ3v) is 9.30. The average molecular weight is 511 g/mol. The zero-order valence-corrected chi connectivity index (χ0v) is 23.3. The summed E-state index contributed by atoms with van der Waals surface area (Å²) < 4.78 is 30.4. The molecule has 0 aliphatic heterocycles. The van der Waals surface area contributed by atoms with Gasteiger partial charge in [0.15, 0.2) is 0 Å². The first-order valence-corrected chi connectivity index (χ1v) is 14.2. The second-order valence-electron chi connectivity index (χ2n) is 11.3. The fourth-order valence-electron chi connectivity index (χ4n) is 5.44. The van der Waals surface area contributed by atoms with Crippen molar-refractivity contribution in [2.75, 3.05) is 0 Å². The molecular weight excluding hydrogens is 472 g/mol.